The Morgan fingerprint density at radius 2 is 2.44 bits per heavy atom. The minimum absolute atomic E-state index is 1.01. The SMILES string of the molecule is CCC1=CCNCC=C1. The molecule has 0 aromatic rings. The third-order valence-corrected chi connectivity index (χ3v) is 1.51. The Hall–Kier alpha value is -0.560. The van der Waals surface area contributed by atoms with Crippen molar-refractivity contribution < 1.29 is 0 Å². The van der Waals surface area contributed by atoms with Gasteiger partial charge in [-0.3, -0.25) is 0 Å². The minimum atomic E-state index is 1.01. The molecule has 1 nitrogen and oxygen atoms in total. The van der Waals surface area contributed by atoms with Gasteiger partial charge in [-0.15, -0.1) is 0 Å². The van der Waals surface area contributed by atoms with E-state index in [2.05, 4.69) is 30.5 Å². The summed E-state index contributed by atoms with van der Waals surface area (Å²) in [4.78, 5) is 0. The second-order valence-corrected chi connectivity index (χ2v) is 2.19. The van der Waals surface area contributed by atoms with Crippen LogP contribution in [0, 0.1) is 0 Å². The van der Waals surface area contributed by atoms with Gasteiger partial charge in [-0.05, 0) is 6.42 Å². The van der Waals surface area contributed by atoms with Crippen LogP contribution in [0.5, 0.6) is 0 Å². The molecular formula is C8H13N. The molecule has 0 radical (unpaired) electrons. The fourth-order valence-corrected chi connectivity index (χ4v) is 0.910. The van der Waals surface area contributed by atoms with Gasteiger partial charge in [-0.25, -0.2) is 0 Å². The van der Waals surface area contributed by atoms with Gasteiger partial charge in [0.25, 0.3) is 0 Å². The number of nitrogens with one attached hydrogen (secondary N) is 1. The highest BCUT2D eigenvalue weighted by molar-refractivity contribution is 5.20. The normalized spacial score (nSPS) is 19.0. The fourth-order valence-electron chi connectivity index (χ4n) is 0.910. The van der Waals surface area contributed by atoms with Crippen LogP contribution in [0.15, 0.2) is 23.8 Å². The van der Waals surface area contributed by atoms with Gasteiger partial charge in [-0.1, -0.05) is 30.7 Å². The molecule has 0 fully saturated rings. The van der Waals surface area contributed by atoms with Crippen LogP contribution in [0.4, 0.5) is 0 Å². The van der Waals surface area contributed by atoms with E-state index >= 15 is 0 Å². The van der Waals surface area contributed by atoms with Crippen LogP contribution in [-0.2, 0) is 0 Å². The smallest absolute Gasteiger partial charge is 0.0143 e. The molecule has 1 rings (SSSR count). The summed E-state index contributed by atoms with van der Waals surface area (Å²) < 4.78 is 0. The van der Waals surface area contributed by atoms with E-state index in [-0.39, 0.29) is 0 Å². The van der Waals surface area contributed by atoms with Crippen molar-refractivity contribution in [2.75, 3.05) is 13.1 Å². The van der Waals surface area contributed by atoms with Crippen LogP contribution in [0.3, 0.4) is 0 Å². The predicted octanol–water partition coefficient (Wildman–Crippen LogP) is 1.48. The summed E-state index contributed by atoms with van der Waals surface area (Å²) in [6.45, 7) is 4.22. The molecule has 0 unspecified atom stereocenters. The standard InChI is InChI=1S/C8H13N/c1-2-8-4-3-6-9-7-5-8/h3-5,9H,2,6-7H2,1H3. The molecule has 1 heteroatoms. The molecule has 0 saturated heterocycles. The van der Waals surface area contributed by atoms with Crippen molar-refractivity contribution >= 4 is 0 Å². The van der Waals surface area contributed by atoms with E-state index in [1.165, 1.54) is 5.57 Å². The molecule has 0 bridgehead atoms. The molecule has 1 heterocycles. The molecule has 0 aromatic carbocycles. The monoisotopic (exact) mass is 123 g/mol. The van der Waals surface area contributed by atoms with Crippen LogP contribution in [0.1, 0.15) is 13.3 Å². The maximum absolute atomic E-state index is 3.25. The molecule has 1 aliphatic rings. The molecule has 0 saturated carbocycles. The Bertz CT molecular complexity index is 134. The van der Waals surface area contributed by atoms with Gasteiger partial charge in [0.2, 0.25) is 0 Å². The topological polar surface area (TPSA) is 12.0 Å². The van der Waals surface area contributed by atoms with Crippen molar-refractivity contribution in [2.45, 2.75) is 13.3 Å². The van der Waals surface area contributed by atoms with Crippen molar-refractivity contribution in [3.05, 3.63) is 23.8 Å². The molecule has 0 spiro atoms. The van der Waals surface area contributed by atoms with Crippen LogP contribution >= 0.6 is 0 Å². The molecular weight excluding hydrogens is 110 g/mol. The molecule has 0 aliphatic carbocycles. The summed E-state index contributed by atoms with van der Waals surface area (Å²) in [6.07, 6.45) is 7.75. The van der Waals surface area contributed by atoms with Gasteiger partial charge in [0.05, 0.1) is 0 Å². The molecule has 0 atom stereocenters. The number of hydrogen-bond donors (Lipinski definition) is 1. The molecule has 50 valence electrons. The maximum Gasteiger partial charge on any atom is 0.0143 e. The van der Waals surface area contributed by atoms with Gasteiger partial charge < -0.3 is 5.32 Å². The lowest BCUT2D eigenvalue weighted by Gasteiger charge is -1.91. The molecule has 9 heavy (non-hydrogen) atoms. The zero-order valence-electron chi connectivity index (χ0n) is 5.85. The van der Waals surface area contributed by atoms with Gasteiger partial charge in [-0.2, -0.15) is 0 Å². The van der Waals surface area contributed by atoms with Gasteiger partial charge in [0, 0.05) is 13.1 Å². The Kier molecular flexibility index (Phi) is 2.52. The molecule has 1 aliphatic heterocycles. The van der Waals surface area contributed by atoms with Crippen molar-refractivity contribution in [1.82, 2.24) is 5.32 Å². The van der Waals surface area contributed by atoms with Crippen LogP contribution in [0.25, 0.3) is 0 Å². The Labute approximate surface area is 56.5 Å². The largest absolute Gasteiger partial charge is 0.310 e. The number of rotatable bonds is 1. The average molecular weight is 123 g/mol. The summed E-state index contributed by atoms with van der Waals surface area (Å²) in [5.74, 6) is 0. The average Bonchev–Trinajstić information content (AvgIpc) is 2.13. The van der Waals surface area contributed by atoms with E-state index in [0.29, 0.717) is 0 Å². The van der Waals surface area contributed by atoms with Gasteiger partial charge in [0.15, 0.2) is 0 Å². The third-order valence-electron chi connectivity index (χ3n) is 1.51. The van der Waals surface area contributed by atoms with E-state index in [4.69, 9.17) is 0 Å². The van der Waals surface area contributed by atoms with Gasteiger partial charge >= 0.3 is 0 Å². The van der Waals surface area contributed by atoms with E-state index in [9.17, 15) is 0 Å². The molecule has 0 amide bonds. The van der Waals surface area contributed by atoms with Gasteiger partial charge in [0.1, 0.15) is 0 Å². The van der Waals surface area contributed by atoms with Crippen LogP contribution < -0.4 is 5.32 Å². The van der Waals surface area contributed by atoms with E-state index in [0.717, 1.165) is 19.5 Å². The lowest BCUT2D eigenvalue weighted by Crippen LogP contribution is -2.11. The Morgan fingerprint density at radius 3 is 3.22 bits per heavy atom. The van der Waals surface area contributed by atoms with Crippen molar-refractivity contribution in [2.24, 2.45) is 0 Å². The summed E-state index contributed by atoms with van der Waals surface area (Å²) in [5.41, 5.74) is 1.44. The Morgan fingerprint density at radius 1 is 1.56 bits per heavy atom. The van der Waals surface area contributed by atoms with E-state index in [1.807, 2.05) is 0 Å². The summed E-state index contributed by atoms with van der Waals surface area (Å²) in [6, 6.07) is 0. The second-order valence-electron chi connectivity index (χ2n) is 2.19. The molecule has 1 N–H and O–H groups in total. The lowest BCUT2D eigenvalue weighted by atomic mass is 10.2. The zero-order chi connectivity index (χ0) is 6.53. The highest BCUT2D eigenvalue weighted by Gasteiger charge is 1.90. The Balaban J connectivity index is 2.53. The van der Waals surface area contributed by atoms with Crippen molar-refractivity contribution in [3.63, 3.8) is 0 Å². The third kappa shape index (κ3) is 2.02. The minimum Gasteiger partial charge on any atom is -0.310 e. The first-order valence-corrected chi connectivity index (χ1v) is 3.49. The highest BCUT2D eigenvalue weighted by atomic mass is 14.8. The molecule has 0 aromatic heterocycles. The first-order valence-electron chi connectivity index (χ1n) is 3.49. The summed E-state index contributed by atoms with van der Waals surface area (Å²) in [5, 5.41) is 3.25. The maximum atomic E-state index is 3.25. The predicted molar refractivity (Wildman–Crippen MR) is 40.4 cm³/mol. The zero-order valence-corrected chi connectivity index (χ0v) is 5.85. The van der Waals surface area contributed by atoms with E-state index in [1.54, 1.807) is 0 Å². The van der Waals surface area contributed by atoms with Crippen LogP contribution in [-0.4, -0.2) is 13.1 Å². The number of allylic oxidation sites excluding steroid dienone is 2. The van der Waals surface area contributed by atoms with Crippen LogP contribution in [0.2, 0.25) is 0 Å². The number of hydrogen-bond acceptors (Lipinski definition) is 1. The first-order chi connectivity index (χ1) is 4.43. The first kappa shape index (κ1) is 6.56. The lowest BCUT2D eigenvalue weighted by molar-refractivity contribution is 0.846. The fraction of sp³-hybridized carbons (Fsp3) is 0.500. The van der Waals surface area contributed by atoms with E-state index < -0.39 is 0 Å². The quantitative estimate of drug-likeness (QED) is 0.557. The van der Waals surface area contributed by atoms with Crippen molar-refractivity contribution in [3.8, 4) is 0 Å². The summed E-state index contributed by atoms with van der Waals surface area (Å²) >= 11 is 0. The van der Waals surface area contributed by atoms with Crippen molar-refractivity contribution in [1.29, 1.82) is 0 Å². The highest BCUT2D eigenvalue weighted by Crippen LogP contribution is 2.02. The summed E-state index contributed by atoms with van der Waals surface area (Å²) in [7, 11) is 0. The second kappa shape index (κ2) is 3.46.